The van der Waals surface area contributed by atoms with E-state index < -0.39 is 0 Å². The number of fused-ring (bicyclic) bond motifs is 1. The van der Waals surface area contributed by atoms with Crippen LogP contribution in [0, 0.1) is 6.92 Å². The molecule has 1 heterocycles. The van der Waals surface area contributed by atoms with Gasteiger partial charge in [0.05, 0.1) is 6.54 Å². The van der Waals surface area contributed by atoms with Crippen LogP contribution in [0.25, 0.3) is 11.0 Å². The Balaban J connectivity index is 1.98. The van der Waals surface area contributed by atoms with E-state index >= 15 is 0 Å². The Labute approximate surface area is 126 Å². The van der Waals surface area contributed by atoms with E-state index in [4.69, 9.17) is 0 Å². The third-order valence-corrected chi connectivity index (χ3v) is 3.97. The van der Waals surface area contributed by atoms with E-state index in [0.29, 0.717) is 0 Å². The smallest absolute Gasteiger partial charge is 0.230 e. The van der Waals surface area contributed by atoms with E-state index in [1.807, 2.05) is 0 Å². The topological polar surface area (TPSA) is 8.81 Å². The van der Waals surface area contributed by atoms with Crippen LogP contribution in [0.4, 0.5) is 0 Å². The predicted molar refractivity (Wildman–Crippen MR) is 87.3 cm³/mol. The minimum absolute atomic E-state index is 0.932. The van der Waals surface area contributed by atoms with Crippen molar-refractivity contribution in [3.63, 3.8) is 0 Å². The first-order valence-corrected chi connectivity index (χ1v) is 7.81. The minimum Gasteiger partial charge on any atom is -0.230 e. The normalized spacial score (nSPS) is 11.1. The molecule has 21 heavy (non-hydrogen) atoms. The first-order valence-electron chi connectivity index (χ1n) is 7.81. The zero-order valence-corrected chi connectivity index (χ0v) is 12.9. The van der Waals surface area contributed by atoms with Crippen molar-refractivity contribution in [1.82, 2.24) is 4.57 Å². The average molecular weight is 279 g/mol. The second-order valence-electron chi connectivity index (χ2n) is 5.77. The van der Waals surface area contributed by atoms with Crippen molar-refractivity contribution in [2.45, 2.75) is 39.8 Å². The fourth-order valence-electron chi connectivity index (χ4n) is 2.88. The van der Waals surface area contributed by atoms with Crippen molar-refractivity contribution in [2.75, 3.05) is 0 Å². The molecule has 0 unspecified atom stereocenters. The zero-order chi connectivity index (χ0) is 14.7. The lowest BCUT2D eigenvalue weighted by atomic mass is 10.1. The molecule has 0 radical (unpaired) electrons. The summed E-state index contributed by atoms with van der Waals surface area (Å²) in [6.45, 7) is 6.42. The predicted octanol–water partition coefficient (Wildman–Crippen LogP) is 4.09. The summed E-state index contributed by atoms with van der Waals surface area (Å²) < 4.78 is 4.74. The molecule has 0 aliphatic carbocycles. The fourth-order valence-corrected chi connectivity index (χ4v) is 2.88. The zero-order valence-electron chi connectivity index (χ0n) is 12.9. The number of benzene rings is 2. The lowest BCUT2D eigenvalue weighted by Gasteiger charge is -2.00. The number of unbranched alkanes of at least 4 members (excludes halogenated alkanes) is 1. The van der Waals surface area contributed by atoms with E-state index in [0.717, 1.165) is 13.1 Å². The SMILES string of the molecule is CCCCn1c[n+](Cc2cccc(C)c2)c2ccccc21. The molecule has 0 N–H and O–H groups in total. The summed E-state index contributed by atoms with van der Waals surface area (Å²) in [7, 11) is 0. The summed E-state index contributed by atoms with van der Waals surface area (Å²) in [4.78, 5) is 0. The highest BCUT2D eigenvalue weighted by Gasteiger charge is 2.14. The van der Waals surface area contributed by atoms with Crippen molar-refractivity contribution in [1.29, 1.82) is 0 Å². The molecule has 0 atom stereocenters. The van der Waals surface area contributed by atoms with Crippen LogP contribution in [0.5, 0.6) is 0 Å². The lowest BCUT2D eigenvalue weighted by molar-refractivity contribution is -0.663. The highest BCUT2D eigenvalue weighted by atomic mass is 15.1. The van der Waals surface area contributed by atoms with Gasteiger partial charge in [-0.2, -0.15) is 0 Å². The van der Waals surface area contributed by atoms with Gasteiger partial charge in [0.1, 0.15) is 6.54 Å². The van der Waals surface area contributed by atoms with Gasteiger partial charge in [0, 0.05) is 0 Å². The fraction of sp³-hybridized carbons (Fsp3) is 0.316. The molecular formula is C19H23N2+. The Morgan fingerprint density at radius 1 is 1.05 bits per heavy atom. The number of para-hydroxylation sites is 2. The van der Waals surface area contributed by atoms with Crippen LogP contribution in [0.1, 0.15) is 30.9 Å². The van der Waals surface area contributed by atoms with Gasteiger partial charge in [0.2, 0.25) is 6.33 Å². The Hall–Kier alpha value is -2.09. The number of imidazole rings is 1. The average Bonchev–Trinajstić information content (AvgIpc) is 2.84. The molecule has 0 fully saturated rings. The number of aromatic nitrogens is 2. The van der Waals surface area contributed by atoms with Crippen molar-refractivity contribution < 1.29 is 4.57 Å². The molecule has 0 spiro atoms. The molecule has 0 bridgehead atoms. The Kier molecular flexibility index (Phi) is 4.05. The van der Waals surface area contributed by atoms with Gasteiger partial charge in [-0.3, -0.25) is 0 Å². The first-order chi connectivity index (χ1) is 10.3. The molecule has 0 saturated heterocycles. The quantitative estimate of drug-likeness (QED) is 0.622. The maximum Gasteiger partial charge on any atom is 0.245 e. The summed E-state index contributed by atoms with van der Waals surface area (Å²) in [6.07, 6.45) is 4.72. The number of rotatable bonds is 5. The summed E-state index contributed by atoms with van der Waals surface area (Å²) >= 11 is 0. The number of hydrogen-bond acceptors (Lipinski definition) is 0. The van der Waals surface area contributed by atoms with E-state index in [-0.39, 0.29) is 0 Å². The maximum atomic E-state index is 2.38. The Bertz CT molecular complexity index is 740. The highest BCUT2D eigenvalue weighted by molar-refractivity contribution is 5.71. The van der Waals surface area contributed by atoms with Crippen molar-refractivity contribution in [2.24, 2.45) is 0 Å². The Morgan fingerprint density at radius 3 is 2.71 bits per heavy atom. The number of aryl methyl sites for hydroxylation is 2. The van der Waals surface area contributed by atoms with Gasteiger partial charge in [-0.05, 0) is 31.0 Å². The molecule has 0 saturated carbocycles. The largest absolute Gasteiger partial charge is 0.245 e. The molecule has 2 heteroatoms. The molecule has 0 aliphatic heterocycles. The van der Waals surface area contributed by atoms with Crippen molar-refractivity contribution >= 4 is 11.0 Å². The molecule has 0 amide bonds. The minimum atomic E-state index is 0.932. The highest BCUT2D eigenvalue weighted by Crippen LogP contribution is 2.13. The number of nitrogens with zero attached hydrogens (tertiary/aromatic N) is 2. The number of hydrogen-bond donors (Lipinski definition) is 0. The molecule has 3 aromatic rings. The van der Waals surface area contributed by atoms with Gasteiger partial charge in [-0.25, -0.2) is 9.13 Å². The standard InChI is InChI=1S/C19H23N2/c1-3-4-12-20-15-21(19-11-6-5-10-18(19)20)14-17-9-7-8-16(2)13-17/h5-11,13,15H,3-4,12,14H2,1-2H3/q+1. The molecule has 108 valence electrons. The van der Waals surface area contributed by atoms with Crippen LogP contribution >= 0.6 is 0 Å². The van der Waals surface area contributed by atoms with E-state index in [9.17, 15) is 0 Å². The summed E-state index contributed by atoms with van der Waals surface area (Å²) in [5, 5.41) is 0. The van der Waals surface area contributed by atoms with Crippen LogP contribution in [-0.4, -0.2) is 4.57 Å². The molecule has 2 nitrogen and oxygen atoms in total. The second-order valence-corrected chi connectivity index (χ2v) is 5.77. The molecule has 0 aliphatic rings. The first kappa shape index (κ1) is 13.9. The van der Waals surface area contributed by atoms with Gasteiger partial charge in [-0.1, -0.05) is 55.3 Å². The van der Waals surface area contributed by atoms with Gasteiger partial charge in [0.15, 0.2) is 11.0 Å². The van der Waals surface area contributed by atoms with Crippen molar-refractivity contribution in [3.05, 3.63) is 66.0 Å². The third-order valence-electron chi connectivity index (χ3n) is 3.97. The summed E-state index contributed by atoms with van der Waals surface area (Å²) in [5.41, 5.74) is 5.33. The summed E-state index contributed by atoms with van der Waals surface area (Å²) in [6, 6.07) is 17.5. The van der Waals surface area contributed by atoms with E-state index in [1.165, 1.54) is 35.0 Å². The second kappa shape index (κ2) is 6.13. The van der Waals surface area contributed by atoms with Gasteiger partial charge in [0.25, 0.3) is 0 Å². The van der Waals surface area contributed by atoms with E-state index in [2.05, 4.69) is 77.8 Å². The van der Waals surface area contributed by atoms with Crippen LogP contribution in [0.2, 0.25) is 0 Å². The van der Waals surface area contributed by atoms with Crippen molar-refractivity contribution in [3.8, 4) is 0 Å². The lowest BCUT2D eigenvalue weighted by Crippen LogP contribution is -2.32. The van der Waals surface area contributed by atoms with Crippen LogP contribution in [-0.2, 0) is 13.1 Å². The van der Waals surface area contributed by atoms with Crippen LogP contribution < -0.4 is 4.57 Å². The molecule has 1 aromatic heterocycles. The van der Waals surface area contributed by atoms with Gasteiger partial charge < -0.3 is 0 Å². The molecule has 3 rings (SSSR count). The molecular weight excluding hydrogens is 256 g/mol. The third kappa shape index (κ3) is 2.99. The van der Waals surface area contributed by atoms with Crippen LogP contribution in [0.3, 0.4) is 0 Å². The summed E-state index contributed by atoms with van der Waals surface area (Å²) in [5.74, 6) is 0. The van der Waals surface area contributed by atoms with Gasteiger partial charge >= 0.3 is 0 Å². The van der Waals surface area contributed by atoms with Crippen LogP contribution in [0.15, 0.2) is 54.9 Å². The maximum absolute atomic E-state index is 2.38. The Morgan fingerprint density at radius 2 is 1.90 bits per heavy atom. The molecule has 2 aromatic carbocycles. The van der Waals surface area contributed by atoms with Gasteiger partial charge in [-0.15, -0.1) is 0 Å². The van der Waals surface area contributed by atoms with E-state index in [1.54, 1.807) is 0 Å². The monoisotopic (exact) mass is 279 g/mol.